The van der Waals surface area contributed by atoms with Gasteiger partial charge in [0.15, 0.2) is 0 Å². The quantitative estimate of drug-likeness (QED) is 0.899. The van der Waals surface area contributed by atoms with Crippen LogP contribution in [0.25, 0.3) is 0 Å². The number of nitrogens with one attached hydrogen (secondary N) is 1. The van der Waals surface area contributed by atoms with E-state index in [4.69, 9.17) is 0 Å². The van der Waals surface area contributed by atoms with Crippen molar-refractivity contribution in [1.82, 2.24) is 10.3 Å². The van der Waals surface area contributed by atoms with Gasteiger partial charge in [0, 0.05) is 16.3 Å². The summed E-state index contributed by atoms with van der Waals surface area (Å²) in [5, 5.41) is 15.4. The predicted octanol–water partition coefficient (Wildman–Crippen LogP) is 3.36. The summed E-state index contributed by atoms with van der Waals surface area (Å²) in [6.07, 6.45) is 4.08. The fourth-order valence-corrected chi connectivity index (χ4v) is 4.68. The van der Waals surface area contributed by atoms with Crippen molar-refractivity contribution >= 4 is 23.1 Å². The molecule has 0 saturated heterocycles. The van der Waals surface area contributed by atoms with Crippen LogP contribution in [0, 0.1) is 18.3 Å². The number of thiazole rings is 1. The summed E-state index contributed by atoms with van der Waals surface area (Å²) >= 11 is 3.55. The van der Waals surface area contributed by atoms with E-state index >= 15 is 0 Å². The highest BCUT2D eigenvalue weighted by Gasteiger charge is 2.39. The maximum atomic E-state index is 9.40. The standard InChI is InChI=1S/C13H19N3S2/c1-3-6-15-13(9-14)5-4-11(7-13)18-12-16-10(2)8-17-12/h8,11,15H,3-7H2,1-2H3. The fourth-order valence-electron chi connectivity index (χ4n) is 2.30. The van der Waals surface area contributed by atoms with Gasteiger partial charge >= 0.3 is 0 Å². The van der Waals surface area contributed by atoms with Crippen LogP contribution in [0.3, 0.4) is 0 Å². The van der Waals surface area contributed by atoms with Crippen LogP contribution in [0.1, 0.15) is 38.3 Å². The molecule has 1 aliphatic carbocycles. The van der Waals surface area contributed by atoms with E-state index in [1.807, 2.05) is 18.7 Å². The number of nitrogens with zero attached hydrogens (tertiary/aromatic N) is 2. The van der Waals surface area contributed by atoms with Gasteiger partial charge in [-0.2, -0.15) is 5.26 Å². The zero-order valence-electron chi connectivity index (χ0n) is 10.9. The highest BCUT2D eigenvalue weighted by molar-refractivity contribution is 8.01. The van der Waals surface area contributed by atoms with E-state index in [0.717, 1.165) is 42.3 Å². The molecule has 1 aromatic heterocycles. The lowest BCUT2D eigenvalue weighted by Crippen LogP contribution is -2.42. The molecule has 18 heavy (non-hydrogen) atoms. The first-order chi connectivity index (χ1) is 8.67. The number of aromatic nitrogens is 1. The van der Waals surface area contributed by atoms with E-state index in [1.165, 1.54) is 0 Å². The van der Waals surface area contributed by atoms with E-state index in [2.05, 4.69) is 28.7 Å². The minimum Gasteiger partial charge on any atom is -0.299 e. The maximum absolute atomic E-state index is 9.40. The van der Waals surface area contributed by atoms with Gasteiger partial charge in [-0.1, -0.05) is 18.7 Å². The molecule has 0 amide bonds. The second-order valence-corrected chi connectivity index (χ2v) is 7.26. The van der Waals surface area contributed by atoms with Crippen LogP contribution < -0.4 is 5.32 Å². The van der Waals surface area contributed by atoms with E-state index in [1.54, 1.807) is 11.3 Å². The van der Waals surface area contributed by atoms with Gasteiger partial charge < -0.3 is 0 Å². The van der Waals surface area contributed by atoms with Gasteiger partial charge in [-0.05, 0) is 39.2 Å². The van der Waals surface area contributed by atoms with Gasteiger partial charge in [0.05, 0.1) is 6.07 Å². The molecule has 0 bridgehead atoms. The van der Waals surface area contributed by atoms with Crippen molar-refractivity contribution in [2.75, 3.05) is 6.54 Å². The average molecular weight is 281 g/mol. The Hall–Kier alpha value is -0.570. The lowest BCUT2D eigenvalue weighted by Gasteiger charge is -2.22. The summed E-state index contributed by atoms with van der Waals surface area (Å²) in [5.74, 6) is 0. The third-order valence-electron chi connectivity index (χ3n) is 3.26. The number of nitriles is 1. The van der Waals surface area contributed by atoms with E-state index < -0.39 is 0 Å². The first kappa shape index (κ1) is 13.9. The lowest BCUT2D eigenvalue weighted by molar-refractivity contribution is 0.424. The first-order valence-electron chi connectivity index (χ1n) is 6.42. The van der Waals surface area contributed by atoms with Crippen molar-refractivity contribution in [1.29, 1.82) is 5.26 Å². The van der Waals surface area contributed by atoms with Crippen molar-refractivity contribution in [3.05, 3.63) is 11.1 Å². The molecule has 2 rings (SSSR count). The van der Waals surface area contributed by atoms with Crippen LogP contribution in [0.15, 0.2) is 9.72 Å². The zero-order valence-corrected chi connectivity index (χ0v) is 12.5. The second kappa shape index (κ2) is 6.05. The molecule has 0 spiro atoms. The average Bonchev–Trinajstić information content (AvgIpc) is 2.95. The third-order valence-corrected chi connectivity index (χ3v) is 5.62. The number of hydrogen-bond acceptors (Lipinski definition) is 5. The lowest BCUT2D eigenvalue weighted by atomic mass is 10.00. The van der Waals surface area contributed by atoms with Crippen molar-refractivity contribution < 1.29 is 0 Å². The Kier molecular flexibility index (Phi) is 4.66. The van der Waals surface area contributed by atoms with Gasteiger partial charge in [-0.15, -0.1) is 11.3 Å². The number of thioether (sulfide) groups is 1. The molecule has 3 nitrogen and oxygen atoms in total. The van der Waals surface area contributed by atoms with Gasteiger partial charge in [0.2, 0.25) is 0 Å². The summed E-state index contributed by atoms with van der Waals surface area (Å²) in [7, 11) is 0. The summed E-state index contributed by atoms with van der Waals surface area (Å²) in [5.41, 5.74) is 0.802. The van der Waals surface area contributed by atoms with Gasteiger partial charge in [0.25, 0.3) is 0 Å². The topological polar surface area (TPSA) is 48.7 Å². The largest absolute Gasteiger partial charge is 0.299 e. The molecular formula is C13H19N3S2. The molecule has 1 N–H and O–H groups in total. The maximum Gasteiger partial charge on any atom is 0.150 e. The SMILES string of the molecule is CCCNC1(C#N)CCC(Sc2nc(C)cs2)C1. The highest BCUT2D eigenvalue weighted by atomic mass is 32.2. The van der Waals surface area contributed by atoms with Gasteiger partial charge in [-0.3, -0.25) is 5.32 Å². The molecule has 0 aliphatic heterocycles. The smallest absolute Gasteiger partial charge is 0.150 e. The molecular weight excluding hydrogens is 262 g/mol. The molecule has 1 aromatic rings. The second-order valence-electron chi connectivity index (χ2n) is 4.86. The highest BCUT2D eigenvalue weighted by Crippen LogP contribution is 2.40. The molecule has 1 saturated carbocycles. The Morgan fingerprint density at radius 3 is 3.17 bits per heavy atom. The number of aryl methyl sites for hydroxylation is 1. The van der Waals surface area contributed by atoms with E-state index in [0.29, 0.717) is 5.25 Å². The van der Waals surface area contributed by atoms with Gasteiger partial charge in [0.1, 0.15) is 9.88 Å². The van der Waals surface area contributed by atoms with Crippen molar-refractivity contribution in [3.63, 3.8) is 0 Å². The van der Waals surface area contributed by atoms with Crippen LogP contribution in [0.5, 0.6) is 0 Å². The minimum absolute atomic E-state index is 0.292. The number of rotatable bonds is 5. The molecule has 0 radical (unpaired) electrons. The number of hydrogen-bond donors (Lipinski definition) is 1. The Morgan fingerprint density at radius 2 is 2.56 bits per heavy atom. The Bertz CT molecular complexity index is 438. The normalized spacial score (nSPS) is 27.3. The molecule has 1 heterocycles. The van der Waals surface area contributed by atoms with Crippen LogP contribution in [0.4, 0.5) is 0 Å². The molecule has 2 unspecified atom stereocenters. The van der Waals surface area contributed by atoms with Crippen LogP contribution >= 0.6 is 23.1 Å². The Morgan fingerprint density at radius 1 is 1.72 bits per heavy atom. The molecule has 1 fully saturated rings. The molecule has 0 aromatic carbocycles. The van der Waals surface area contributed by atoms with E-state index in [-0.39, 0.29) is 5.54 Å². The minimum atomic E-state index is -0.292. The summed E-state index contributed by atoms with van der Waals surface area (Å²) < 4.78 is 1.14. The van der Waals surface area contributed by atoms with Crippen molar-refractivity contribution in [3.8, 4) is 6.07 Å². The van der Waals surface area contributed by atoms with Gasteiger partial charge in [-0.25, -0.2) is 4.98 Å². The van der Waals surface area contributed by atoms with Crippen molar-refractivity contribution in [2.45, 2.75) is 54.7 Å². The predicted molar refractivity (Wildman–Crippen MR) is 77.0 cm³/mol. The van der Waals surface area contributed by atoms with Crippen LogP contribution in [-0.4, -0.2) is 22.3 Å². The van der Waals surface area contributed by atoms with Crippen LogP contribution in [-0.2, 0) is 0 Å². The van der Waals surface area contributed by atoms with E-state index in [9.17, 15) is 5.26 Å². The first-order valence-corrected chi connectivity index (χ1v) is 8.18. The fraction of sp³-hybridized carbons (Fsp3) is 0.692. The summed E-state index contributed by atoms with van der Waals surface area (Å²) in [6.45, 7) is 5.09. The Labute approximate surface area is 117 Å². The molecule has 2 atom stereocenters. The summed E-state index contributed by atoms with van der Waals surface area (Å²) in [4.78, 5) is 4.49. The Balaban J connectivity index is 1.92. The van der Waals surface area contributed by atoms with Crippen LogP contribution in [0.2, 0.25) is 0 Å². The molecule has 1 aliphatic rings. The molecule has 5 heteroatoms. The molecule has 98 valence electrons. The summed E-state index contributed by atoms with van der Waals surface area (Å²) in [6, 6.07) is 2.49. The monoisotopic (exact) mass is 281 g/mol. The zero-order chi connectivity index (χ0) is 13.0. The third kappa shape index (κ3) is 3.25. The van der Waals surface area contributed by atoms with Crippen molar-refractivity contribution in [2.24, 2.45) is 0 Å².